The zero-order chi connectivity index (χ0) is 12.4. The van der Waals surface area contributed by atoms with Crippen molar-refractivity contribution in [3.63, 3.8) is 0 Å². The number of hydrogen-bond acceptors (Lipinski definition) is 5. The standard InChI is InChI=1S/C13H18N2OS2/c14-10-1-2-12(15-8-10)18-11-3-5-16-13(7-11)4-6-17-9-13/h1-2,8,11H,3-7,9,14H2. The number of aromatic nitrogens is 1. The number of ether oxygens (including phenoxy) is 1. The minimum atomic E-state index is 0.161. The van der Waals surface area contributed by atoms with E-state index >= 15 is 0 Å². The van der Waals surface area contributed by atoms with Crippen molar-refractivity contribution in [3.8, 4) is 0 Å². The molecule has 0 aliphatic carbocycles. The number of anilines is 1. The Morgan fingerprint density at radius 2 is 2.44 bits per heavy atom. The number of nitrogen functional groups attached to an aromatic ring is 1. The normalized spacial score (nSPS) is 31.9. The van der Waals surface area contributed by atoms with Crippen LogP contribution in [0.3, 0.4) is 0 Å². The lowest BCUT2D eigenvalue weighted by atomic mass is 9.93. The third-order valence-electron chi connectivity index (χ3n) is 3.56. The molecule has 5 heteroatoms. The van der Waals surface area contributed by atoms with Crippen LogP contribution < -0.4 is 5.73 Å². The van der Waals surface area contributed by atoms with E-state index in [1.54, 1.807) is 6.20 Å². The monoisotopic (exact) mass is 282 g/mol. The largest absolute Gasteiger partial charge is 0.397 e. The van der Waals surface area contributed by atoms with E-state index < -0.39 is 0 Å². The molecule has 0 amide bonds. The van der Waals surface area contributed by atoms with E-state index in [-0.39, 0.29) is 5.60 Å². The summed E-state index contributed by atoms with van der Waals surface area (Å²) in [6.45, 7) is 0.896. The fraction of sp³-hybridized carbons (Fsp3) is 0.615. The van der Waals surface area contributed by atoms with E-state index in [9.17, 15) is 0 Å². The lowest BCUT2D eigenvalue weighted by Crippen LogP contribution is -2.40. The maximum atomic E-state index is 6.04. The summed E-state index contributed by atoms with van der Waals surface area (Å²) < 4.78 is 6.04. The van der Waals surface area contributed by atoms with Crippen molar-refractivity contribution in [2.45, 2.75) is 35.1 Å². The minimum Gasteiger partial charge on any atom is -0.397 e. The first-order valence-electron chi connectivity index (χ1n) is 6.36. The molecule has 3 nitrogen and oxygen atoms in total. The summed E-state index contributed by atoms with van der Waals surface area (Å²) in [7, 11) is 0. The Balaban J connectivity index is 1.64. The molecule has 2 aliphatic rings. The molecule has 2 aliphatic heterocycles. The summed E-state index contributed by atoms with van der Waals surface area (Å²) in [5, 5.41) is 1.71. The van der Waals surface area contributed by atoms with Gasteiger partial charge in [0.1, 0.15) is 0 Å². The maximum absolute atomic E-state index is 6.04. The van der Waals surface area contributed by atoms with Gasteiger partial charge in [-0.15, -0.1) is 11.8 Å². The van der Waals surface area contributed by atoms with Crippen molar-refractivity contribution >= 4 is 29.2 Å². The minimum absolute atomic E-state index is 0.161. The van der Waals surface area contributed by atoms with Crippen LogP contribution in [0.25, 0.3) is 0 Å². The number of thioether (sulfide) groups is 2. The van der Waals surface area contributed by atoms with Crippen molar-refractivity contribution in [1.82, 2.24) is 4.98 Å². The SMILES string of the molecule is Nc1ccc(SC2CCOC3(CCSC3)C2)nc1. The smallest absolute Gasteiger partial charge is 0.0964 e. The van der Waals surface area contributed by atoms with Gasteiger partial charge in [0, 0.05) is 17.6 Å². The van der Waals surface area contributed by atoms with Gasteiger partial charge in [0.2, 0.25) is 0 Å². The lowest BCUT2D eigenvalue weighted by molar-refractivity contribution is -0.0562. The van der Waals surface area contributed by atoms with Gasteiger partial charge < -0.3 is 10.5 Å². The molecule has 18 heavy (non-hydrogen) atoms. The van der Waals surface area contributed by atoms with Gasteiger partial charge in [-0.3, -0.25) is 0 Å². The Morgan fingerprint density at radius 3 is 3.17 bits per heavy atom. The summed E-state index contributed by atoms with van der Waals surface area (Å²) in [5.74, 6) is 2.41. The highest BCUT2D eigenvalue weighted by molar-refractivity contribution is 8.00. The highest BCUT2D eigenvalue weighted by Crippen LogP contribution is 2.42. The van der Waals surface area contributed by atoms with Gasteiger partial charge in [0.15, 0.2) is 0 Å². The molecule has 1 spiro atoms. The average molecular weight is 282 g/mol. The zero-order valence-electron chi connectivity index (χ0n) is 10.3. The van der Waals surface area contributed by atoms with Crippen LogP contribution in [-0.2, 0) is 4.74 Å². The zero-order valence-corrected chi connectivity index (χ0v) is 11.9. The average Bonchev–Trinajstić information content (AvgIpc) is 2.80. The number of nitrogens with zero attached hydrogens (tertiary/aromatic N) is 1. The molecule has 0 bridgehead atoms. The van der Waals surface area contributed by atoms with E-state index in [1.165, 1.54) is 17.9 Å². The molecule has 2 unspecified atom stereocenters. The first-order chi connectivity index (χ1) is 8.76. The maximum Gasteiger partial charge on any atom is 0.0964 e. The second kappa shape index (κ2) is 5.31. The summed E-state index contributed by atoms with van der Waals surface area (Å²) >= 11 is 3.90. The van der Waals surface area contributed by atoms with Crippen LogP contribution in [0.2, 0.25) is 0 Å². The van der Waals surface area contributed by atoms with E-state index in [1.807, 2.05) is 35.7 Å². The topological polar surface area (TPSA) is 48.1 Å². The van der Waals surface area contributed by atoms with Crippen LogP contribution in [0.4, 0.5) is 5.69 Å². The molecule has 3 rings (SSSR count). The molecular formula is C13H18N2OS2. The van der Waals surface area contributed by atoms with Crippen molar-refractivity contribution < 1.29 is 4.74 Å². The third kappa shape index (κ3) is 2.78. The van der Waals surface area contributed by atoms with Crippen LogP contribution in [0, 0.1) is 0 Å². The highest BCUT2D eigenvalue weighted by atomic mass is 32.2. The fourth-order valence-electron chi connectivity index (χ4n) is 2.58. The van der Waals surface area contributed by atoms with E-state index in [4.69, 9.17) is 10.5 Å². The number of hydrogen-bond donors (Lipinski definition) is 1. The number of nitrogens with two attached hydrogens (primary N) is 1. The molecule has 1 aromatic rings. The van der Waals surface area contributed by atoms with Crippen molar-refractivity contribution in [2.75, 3.05) is 23.8 Å². The predicted octanol–water partition coefficient (Wildman–Crippen LogP) is 2.81. The van der Waals surface area contributed by atoms with Gasteiger partial charge >= 0.3 is 0 Å². The molecule has 0 saturated carbocycles. The molecule has 2 atom stereocenters. The van der Waals surface area contributed by atoms with Crippen molar-refractivity contribution in [3.05, 3.63) is 18.3 Å². The second-order valence-electron chi connectivity index (χ2n) is 5.00. The molecule has 0 radical (unpaired) electrons. The molecule has 1 aromatic heterocycles. The van der Waals surface area contributed by atoms with Crippen LogP contribution in [0.5, 0.6) is 0 Å². The summed E-state index contributed by atoms with van der Waals surface area (Å²) in [6, 6.07) is 3.95. The van der Waals surface area contributed by atoms with E-state index in [2.05, 4.69) is 4.98 Å². The first kappa shape index (κ1) is 12.6. The van der Waals surface area contributed by atoms with Gasteiger partial charge in [0.25, 0.3) is 0 Å². The quantitative estimate of drug-likeness (QED) is 0.904. The van der Waals surface area contributed by atoms with Crippen LogP contribution in [0.1, 0.15) is 19.3 Å². The molecule has 3 heterocycles. The molecule has 2 fully saturated rings. The second-order valence-corrected chi connectivity index (χ2v) is 7.42. The first-order valence-corrected chi connectivity index (χ1v) is 8.39. The Hall–Kier alpha value is -0.390. The van der Waals surface area contributed by atoms with E-state index in [0.29, 0.717) is 5.25 Å². The predicted molar refractivity (Wildman–Crippen MR) is 78.2 cm³/mol. The van der Waals surface area contributed by atoms with Crippen molar-refractivity contribution in [1.29, 1.82) is 0 Å². The lowest BCUT2D eigenvalue weighted by Gasteiger charge is -2.37. The Kier molecular flexibility index (Phi) is 3.73. The summed E-state index contributed by atoms with van der Waals surface area (Å²) in [6.07, 6.45) is 5.24. The summed E-state index contributed by atoms with van der Waals surface area (Å²) in [5.41, 5.74) is 6.55. The van der Waals surface area contributed by atoms with Crippen LogP contribution in [-0.4, -0.2) is 33.9 Å². The third-order valence-corrected chi connectivity index (χ3v) is 6.00. The van der Waals surface area contributed by atoms with Crippen molar-refractivity contribution in [2.24, 2.45) is 0 Å². The van der Waals surface area contributed by atoms with E-state index in [0.717, 1.165) is 30.2 Å². The highest BCUT2D eigenvalue weighted by Gasteiger charge is 2.40. The summed E-state index contributed by atoms with van der Waals surface area (Å²) in [4.78, 5) is 4.38. The van der Waals surface area contributed by atoms with Gasteiger partial charge in [-0.05, 0) is 37.1 Å². The van der Waals surface area contributed by atoms with Crippen LogP contribution in [0.15, 0.2) is 23.4 Å². The fourth-order valence-corrected chi connectivity index (χ4v) is 5.16. The molecule has 98 valence electrons. The van der Waals surface area contributed by atoms with Crippen LogP contribution >= 0.6 is 23.5 Å². The number of rotatable bonds is 2. The molecular weight excluding hydrogens is 264 g/mol. The molecule has 2 N–H and O–H groups in total. The van der Waals surface area contributed by atoms with Gasteiger partial charge in [-0.25, -0.2) is 4.98 Å². The Morgan fingerprint density at radius 1 is 1.50 bits per heavy atom. The Labute approximate surface area is 116 Å². The molecule has 0 aromatic carbocycles. The molecule has 2 saturated heterocycles. The van der Waals surface area contributed by atoms with Gasteiger partial charge in [-0.1, -0.05) is 0 Å². The van der Waals surface area contributed by atoms with Gasteiger partial charge in [-0.2, -0.15) is 11.8 Å². The number of pyridine rings is 1. The Bertz CT molecular complexity index is 404. The van der Waals surface area contributed by atoms with Gasteiger partial charge in [0.05, 0.1) is 22.5 Å².